The van der Waals surface area contributed by atoms with Crippen molar-refractivity contribution in [3.05, 3.63) is 114 Å². The summed E-state index contributed by atoms with van der Waals surface area (Å²) < 4.78 is 1.58. The maximum Gasteiger partial charge on any atom is 0.266 e. The molecule has 5 rings (SSSR count). The van der Waals surface area contributed by atoms with Crippen LogP contribution >= 0.6 is 0 Å². The predicted octanol–water partition coefficient (Wildman–Crippen LogP) is 3.91. The molecule has 0 aliphatic carbocycles. The molecule has 2 heterocycles. The molecular formula is C25H18N4O3. The van der Waals surface area contributed by atoms with Crippen LogP contribution in [0.15, 0.2) is 97.3 Å². The molecule has 1 unspecified atom stereocenters. The lowest BCUT2D eigenvalue weighted by Gasteiger charge is -2.19. The van der Waals surface area contributed by atoms with E-state index in [1.54, 1.807) is 71.7 Å². The molecule has 1 aliphatic rings. The number of nitrogens with zero attached hydrogens (tertiary/aromatic N) is 3. The molecule has 7 nitrogen and oxygen atoms in total. The Morgan fingerprint density at radius 3 is 2.16 bits per heavy atom. The number of carbonyl (C=O) groups is 3. The second kappa shape index (κ2) is 7.96. The lowest BCUT2D eigenvalue weighted by Crippen LogP contribution is -2.30. The van der Waals surface area contributed by atoms with E-state index in [-0.39, 0.29) is 17.7 Å². The van der Waals surface area contributed by atoms with Crippen molar-refractivity contribution in [2.45, 2.75) is 6.04 Å². The lowest BCUT2D eigenvalue weighted by atomic mass is 10.1. The molecule has 1 aliphatic heterocycles. The van der Waals surface area contributed by atoms with Crippen molar-refractivity contribution in [3.63, 3.8) is 0 Å². The SMILES string of the molecule is O=C(Nc1cccc(N2C(=O)c3ccccc3C2=O)c1)C(c1ccccc1)n1cccn1. The number of nitrogens with one attached hydrogen (secondary N) is 1. The van der Waals surface area contributed by atoms with Crippen LogP contribution in [0.2, 0.25) is 0 Å². The van der Waals surface area contributed by atoms with Crippen LogP contribution in [0.4, 0.5) is 11.4 Å². The van der Waals surface area contributed by atoms with Crippen LogP contribution in [0.5, 0.6) is 0 Å². The summed E-state index contributed by atoms with van der Waals surface area (Å²) in [7, 11) is 0. The zero-order valence-corrected chi connectivity index (χ0v) is 16.9. The van der Waals surface area contributed by atoms with Gasteiger partial charge in [0.25, 0.3) is 17.7 Å². The zero-order valence-electron chi connectivity index (χ0n) is 16.9. The molecule has 1 N–H and O–H groups in total. The molecule has 0 bridgehead atoms. The maximum atomic E-state index is 13.2. The summed E-state index contributed by atoms with van der Waals surface area (Å²) in [6.07, 6.45) is 3.35. The average molecular weight is 422 g/mol. The van der Waals surface area contributed by atoms with Crippen LogP contribution in [0, 0.1) is 0 Å². The summed E-state index contributed by atoms with van der Waals surface area (Å²) in [4.78, 5) is 40.0. The molecule has 7 heteroatoms. The molecular weight excluding hydrogens is 404 g/mol. The molecule has 3 amide bonds. The Balaban J connectivity index is 1.44. The van der Waals surface area contributed by atoms with Gasteiger partial charge in [0.05, 0.1) is 16.8 Å². The van der Waals surface area contributed by atoms with Crippen molar-refractivity contribution in [2.24, 2.45) is 0 Å². The van der Waals surface area contributed by atoms with Gasteiger partial charge in [-0.1, -0.05) is 48.5 Å². The van der Waals surface area contributed by atoms with Gasteiger partial charge in [0, 0.05) is 18.1 Å². The first-order valence-electron chi connectivity index (χ1n) is 10.1. The number of imide groups is 1. The molecule has 1 atom stereocenters. The number of amides is 3. The summed E-state index contributed by atoms with van der Waals surface area (Å²) >= 11 is 0. The highest BCUT2D eigenvalue weighted by Crippen LogP contribution is 2.30. The molecule has 0 saturated carbocycles. The minimum Gasteiger partial charge on any atom is -0.324 e. The first kappa shape index (κ1) is 19.4. The van der Waals surface area contributed by atoms with Crippen LogP contribution in [-0.4, -0.2) is 27.5 Å². The number of carbonyl (C=O) groups excluding carboxylic acids is 3. The van der Waals surface area contributed by atoms with Crippen LogP contribution in [0.25, 0.3) is 0 Å². The Hall–Kier alpha value is -4.52. The van der Waals surface area contributed by atoms with Crippen LogP contribution in [-0.2, 0) is 4.79 Å². The quantitative estimate of drug-likeness (QED) is 0.494. The molecule has 1 aromatic heterocycles. The van der Waals surface area contributed by atoms with Crippen molar-refractivity contribution in [1.29, 1.82) is 0 Å². The molecule has 0 radical (unpaired) electrons. The van der Waals surface area contributed by atoms with Gasteiger partial charge in [0.15, 0.2) is 6.04 Å². The fraction of sp³-hybridized carbons (Fsp3) is 0.0400. The van der Waals surface area contributed by atoms with E-state index in [9.17, 15) is 14.4 Å². The van der Waals surface area contributed by atoms with E-state index in [4.69, 9.17) is 0 Å². The summed E-state index contributed by atoms with van der Waals surface area (Å²) in [5.74, 6) is -1.06. The highest BCUT2D eigenvalue weighted by Gasteiger charge is 2.36. The zero-order chi connectivity index (χ0) is 22.1. The normalized spacial score (nSPS) is 13.7. The van der Waals surface area contributed by atoms with Crippen molar-refractivity contribution in [2.75, 3.05) is 10.2 Å². The Morgan fingerprint density at radius 1 is 0.812 bits per heavy atom. The number of anilines is 2. The first-order valence-corrected chi connectivity index (χ1v) is 10.1. The fourth-order valence-corrected chi connectivity index (χ4v) is 3.85. The van der Waals surface area contributed by atoms with Gasteiger partial charge < -0.3 is 5.32 Å². The van der Waals surface area contributed by atoms with Crippen LogP contribution in [0.1, 0.15) is 32.3 Å². The van der Waals surface area contributed by atoms with Crippen molar-refractivity contribution in [3.8, 4) is 0 Å². The van der Waals surface area contributed by atoms with Gasteiger partial charge >= 0.3 is 0 Å². The van der Waals surface area contributed by atoms with Gasteiger partial charge in [-0.25, -0.2) is 4.90 Å². The van der Waals surface area contributed by atoms with E-state index in [0.29, 0.717) is 22.5 Å². The Bertz CT molecular complexity index is 1280. The lowest BCUT2D eigenvalue weighted by molar-refractivity contribution is -0.118. The Morgan fingerprint density at radius 2 is 1.50 bits per heavy atom. The van der Waals surface area contributed by atoms with Crippen LogP contribution < -0.4 is 10.2 Å². The van der Waals surface area contributed by atoms with E-state index in [1.165, 1.54) is 0 Å². The first-order chi connectivity index (χ1) is 15.6. The number of hydrogen-bond acceptors (Lipinski definition) is 4. The van der Waals surface area contributed by atoms with Gasteiger partial charge in [-0.05, 0) is 42.0 Å². The monoisotopic (exact) mass is 422 g/mol. The molecule has 32 heavy (non-hydrogen) atoms. The molecule has 4 aromatic rings. The number of aromatic nitrogens is 2. The van der Waals surface area contributed by atoms with E-state index in [0.717, 1.165) is 10.5 Å². The second-order valence-corrected chi connectivity index (χ2v) is 7.33. The van der Waals surface area contributed by atoms with Crippen molar-refractivity contribution in [1.82, 2.24) is 9.78 Å². The Kier molecular flexibility index (Phi) is 4.84. The predicted molar refractivity (Wildman–Crippen MR) is 119 cm³/mol. The standard InChI is InChI=1S/C25H18N4O3/c30-23(22(28-15-7-14-26-28)17-8-2-1-3-9-17)27-18-10-6-11-19(16-18)29-24(31)20-12-4-5-13-21(20)25(29)32/h1-16,22H,(H,27,30). The summed E-state index contributed by atoms with van der Waals surface area (Å²) in [5, 5.41) is 7.13. The minimum atomic E-state index is -0.672. The Labute approximate surface area is 183 Å². The van der Waals surface area contributed by atoms with Gasteiger partial charge in [-0.15, -0.1) is 0 Å². The number of hydrogen-bond donors (Lipinski definition) is 1. The minimum absolute atomic E-state index is 0.292. The van der Waals surface area contributed by atoms with E-state index in [2.05, 4.69) is 10.4 Å². The van der Waals surface area contributed by atoms with Crippen LogP contribution in [0.3, 0.4) is 0 Å². The second-order valence-electron chi connectivity index (χ2n) is 7.33. The summed E-state index contributed by atoms with van der Waals surface area (Å²) in [6.45, 7) is 0. The highest BCUT2D eigenvalue weighted by molar-refractivity contribution is 6.34. The third-order valence-electron chi connectivity index (χ3n) is 5.32. The van der Waals surface area contributed by atoms with E-state index >= 15 is 0 Å². The van der Waals surface area contributed by atoms with Gasteiger partial charge in [0.1, 0.15) is 0 Å². The number of fused-ring (bicyclic) bond motifs is 1. The molecule has 156 valence electrons. The topological polar surface area (TPSA) is 84.3 Å². The van der Waals surface area contributed by atoms with Crippen molar-refractivity contribution < 1.29 is 14.4 Å². The maximum absolute atomic E-state index is 13.2. The fourth-order valence-electron chi connectivity index (χ4n) is 3.85. The van der Waals surface area contributed by atoms with Gasteiger partial charge in [0.2, 0.25) is 0 Å². The highest BCUT2D eigenvalue weighted by atomic mass is 16.2. The average Bonchev–Trinajstić information content (AvgIpc) is 3.42. The molecule has 0 spiro atoms. The van der Waals surface area contributed by atoms with Gasteiger partial charge in [-0.3, -0.25) is 19.1 Å². The number of benzene rings is 3. The third kappa shape index (κ3) is 3.35. The summed E-state index contributed by atoms with van der Waals surface area (Å²) in [5.41, 5.74) is 2.39. The largest absolute Gasteiger partial charge is 0.324 e. The third-order valence-corrected chi connectivity index (χ3v) is 5.32. The smallest absolute Gasteiger partial charge is 0.266 e. The van der Waals surface area contributed by atoms with E-state index < -0.39 is 6.04 Å². The molecule has 3 aromatic carbocycles. The van der Waals surface area contributed by atoms with E-state index in [1.807, 2.05) is 30.3 Å². The van der Waals surface area contributed by atoms with Gasteiger partial charge in [-0.2, -0.15) is 5.10 Å². The summed E-state index contributed by atoms with van der Waals surface area (Å²) in [6, 6.07) is 23.8. The number of rotatable bonds is 5. The molecule has 0 fully saturated rings. The molecule has 0 saturated heterocycles. The van der Waals surface area contributed by atoms with Crippen molar-refractivity contribution >= 4 is 29.1 Å².